The molecule has 2 N–H and O–H groups in total. The summed E-state index contributed by atoms with van der Waals surface area (Å²) in [7, 11) is 0. The number of thiocarbonyl (C=S) groups is 1. The molecule has 1 spiro atoms. The number of hydrogen-bond acceptors (Lipinski definition) is 3. The molecule has 0 aromatic heterocycles. The fourth-order valence-electron chi connectivity index (χ4n) is 4.31. The lowest BCUT2D eigenvalue weighted by molar-refractivity contribution is -0.105. The van der Waals surface area contributed by atoms with Gasteiger partial charge in [-0.2, -0.15) is 0 Å². The molecule has 114 valence electrons. The first kappa shape index (κ1) is 14.7. The van der Waals surface area contributed by atoms with Crippen LogP contribution in [0.4, 0.5) is 0 Å². The molecule has 2 saturated heterocycles. The van der Waals surface area contributed by atoms with Crippen LogP contribution in [0.2, 0.25) is 0 Å². The largest absolute Gasteiger partial charge is 0.393 e. The number of nitrogens with two attached hydrogens (primary N) is 1. The van der Waals surface area contributed by atoms with E-state index >= 15 is 0 Å². The summed E-state index contributed by atoms with van der Waals surface area (Å²) in [6.07, 6.45) is 9.95. The molecule has 4 heteroatoms. The summed E-state index contributed by atoms with van der Waals surface area (Å²) >= 11 is 5.25. The van der Waals surface area contributed by atoms with Gasteiger partial charge in [0.05, 0.1) is 10.6 Å². The molecule has 20 heavy (non-hydrogen) atoms. The number of likely N-dealkylation sites (tertiary alicyclic amines) is 1. The molecule has 3 aliphatic rings. The van der Waals surface area contributed by atoms with E-state index in [0.717, 1.165) is 38.6 Å². The highest BCUT2D eigenvalue weighted by molar-refractivity contribution is 7.80. The van der Waals surface area contributed by atoms with Crippen molar-refractivity contribution >= 4 is 17.2 Å². The highest BCUT2D eigenvalue weighted by Gasteiger charge is 2.43. The zero-order valence-electron chi connectivity index (χ0n) is 12.7. The van der Waals surface area contributed by atoms with Crippen LogP contribution in [-0.4, -0.2) is 41.2 Å². The van der Waals surface area contributed by atoms with Crippen molar-refractivity contribution in [2.45, 2.75) is 69.9 Å². The number of hydrogen-bond donors (Lipinski definition) is 1. The van der Waals surface area contributed by atoms with Crippen LogP contribution in [0.25, 0.3) is 0 Å². The van der Waals surface area contributed by atoms with Crippen molar-refractivity contribution in [2.24, 2.45) is 11.1 Å². The summed E-state index contributed by atoms with van der Waals surface area (Å²) in [4.78, 5) is 3.39. The second-order valence-electron chi connectivity index (χ2n) is 7.35. The molecule has 1 unspecified atom stereocenters. The molecule has 0 bridgehead atoms. The molecular formula is C16H28N2OS. The van der Waals surface area contributed by atoms with Crippen molar-refractivity contribution in [1.29, 1.82) is 0 Å². The van der Waals surface area contributed by atoms with Gasteiger partial charge in [-0.15, -0.1) is 0 Å². The molecule has 3 nitrogen and oxygen atoms in total. The average Bonchev–Trinajstić information content (AvgIpc) is 2.87. The maximum Gasteiger partial charge on any atom is 0.0788 e. The second kappa shape index (κ2) is 5.54. The molecule has 0 amide bonds. The van der Waals surface area contributed by atoms with Gasteiger partial charge in [0.1, 0.15) is 0 Å². The minimum absolute atomic E-state index is 0.0854. The third kappa shape index (κ3) is 2.75. The molecule has 0 radical (unpaired) electrons. The fraction of sp³-hybridized carbons (Fsp3) is 0.938. The summed E-state index contributed by atoms with van der Waals surface area (Å²) in [5, 5.41) is 0. The van der Waals surface area contributed by atoms with Crippen LogP contribution in [-0.2, 0) is 4.74 Å². The highest BCUT2D eigenvalue weighted by atomic mass is 32.1. The summed E-state index contributed by atoms with van der Waals surface area (Å²) in [5.41, 5.74) is 6.23. The Kier molecular flexibility index (Phi) is 4.08. The lowest BCUT2D eigenvalue weighted by Gasteiger charge is -2.47. The monoisotopic (exact) mass is 296 g/mol. The molecule has 3 rings (SSSR count). The molecule has 0 aromatic carbocycles. The predicted molar refractivity (Wildman–Crippen MR) is 85.9 cm³/mol. The molecule has 1 atom stereocenters. The lowest BCUT2D eigenvalue weighted by Crippen LogP contribution is -2.52. The summed E-state index contributed by atoms with van der Waals surface area (Å²) in [6.45, 7) is 5.48. The van der Waals surface area contributed by atoms with E-state index in [2.05, 4.69) is 11.8 Å². The molecule has 1 saturated carbocycles. The Hall–Kier alpha value is -0.190. The van der Waals surface area contributed by atoms with Gasteiger partial charge in [0.25, 0.3) is 0 Å². The maximum atomic E-state index is 6.16. The Morgan fingerprint density at radius 3 is 2.45 bits per heavy atom. The predicted octanol–water partition coefficient (Wildman–Crippen LogP) is 2.87. The van der Waals surface area contributed by atoms with Crippen molar-refractivity contribution in [1.82, 2.24) is 4.90 Å². The van der Waals surface area contributed by atoms with E-state index in [1.54, 1.807) is 0 Å². The zero-order chi connectivity index (χ0) is 14.2. The van der Waals surface area contributed by atoms with Crippen LogP contribution in [0.15, 0.2) is 0 Å². The second-order valence-corrected chi connectivity index (χ2v) is 7.79. The van der Waals surface area contributed by atoms with Gasteiger partial charge in [0.15, 0.2) is 0 Å². The average molecular weight is 296 g/mol. The summed E-state index contributed by atoms with van der Waals surface area (Å²) < 4.78 is 6.16. The first-order chi connectivity index (χ1) is 9.53. The maximum absolute atomic E-state index is 6.16. The Labute approximate surface area is 128 Å². The minimum Gasteiger partial charge on any atom is -0.393 e. The Morgan fingerprint density at radius 1 is 1.20 bits per heavy atom. The van der Waals surface area contributed by atoms with Gasteiger partial charge in [-0.25, -0.2) is 0 Å². The normalized spacial score (nSPS) is 33.4. The van der Waals surface area contributed by atoms with Crippen molar-refractivity contribution < 1.29 is 4.74 Å². The van der Waals surface area contributed by atoms with Crippen LogP contribution in [0.5, 0.6) is 0 Å². The Morgan fingerprint density at radius 2 is 1.85 bits per heavy atom. The SMILES string of the molecule is CC1(C(N)=S)CCN(C2CCOC3(CCCC3)C2)CC1. The minimum atomic E-state index is 0.0854. The van der Waals surface area contributed by atoms with Gasteiger partial charge in [-0.05, 0) is 51.6 Å². The van der Waals surface area contributed by atoms with E-state index in [-0.39, 0.29) is 11.0 Å². The summed E-state index contributed by atoms with van der Waals surface area (Å²) in [6, 6.07) is 0.720. The molecule has 1 aliphatic carbocycles. The molecule has 2 aliphatic heterocycles. The van der Waals surface area contributed by atoms with E-state index in [0.29, 0.717) is 4.99 Å². The van der Waals surface area contributed by atoms with Crippen molar-refractivity contribution in [3.8, 4) is 0 Å². The van der Waals surface area contributed by atoms with Gasteiger partial charge < -0.3 is 15.4 Å². The zero-order valence-corrected chi connectivity index (χ0v) is 13.5. The van der Waals surface area contributed by atoms with Crippen LogP contribution in [0.3, 0.4) is 0 Å². The first-order valence-electron chi connectivity index (χ1n) is 8.21. The van der Waals surface area contributed by atoms with E-state index in [4.69, 9.17) is 22.7 Å². The van der Waals surface area contributed by atoms with Crippen LogP contribution in [0, 0.1) is 5.41 Å². The fourth-order valence-corrected chi connectivity index (χ4v) is 4.51. The van der Waals surface area contributed by atoms with E-state index in [1.165, 1.54) is 38.5 Å². The Balaban J connectivity index is 1.59. The molecule has 2 heterocycles. The number of piperidine rings is 1. The van der Waals surface area contributed by atoms with Gasteiger partial charge in [0.2, 0.25) is 0 Å². The van der Waals surface area contributed by atoms with Gasteiger partial charge in [-0.1, -0.05) is 32.0 Å². The van der Waals surface area contributed by atoms with E-state index in [1.807, 2.05) is 0 Å². The standard InChI is InChI=1S/C16H28N2OS/c1-15(14(17)20)7-9-18(10-8-15)13-4-11-19-16(12-13)5-2-3-6-16/h13H,2-12H2,1H3,(H2,17,20). The van der Waals surface area contributed by atoms with Gasteiger partial charge in [0, 0.05) is 18.1 Å². The summed E-state index contributed by atoms with van der Waals surface area (Å²) in [5.74, 6) is 0. The highest BCUT2D eigenvalue weighted by Crippen LogP contribution is 2.42. The van der Waals surface area contributed by atoms with Gasteiger partial charge in [-0.3, -0.25) is 0 Å². The van der Waals surface area contributed by atoms with Crippen LogP contribution < -0.4 is 5.73 Å². The molecule has 0 aromatic rings. The van der Waals surface area contributed by atoms with Crippen molar-refractivity contribution in [3.63, 3.8) is 0 Å². The lowest BCUT2D eigenvalue weighted by atomic mass is 9.79. The smallest absolute Gasteiger partial charge is 0.0788 e. The third-order valence-corrected chi connectivity index (χ3v) is 6.49. The van der Waals surface area contributed by atoms with E-state index in [9.17, 15) is 0 Å². The number of ether oxygens (including phenoxy) is 1. The van der Waals surface area contributed by atoms with Crippen molar-refractivity contribution in [3.05, 3.63) is 0 Å². The van der Waals surface area contributed by atoms with Crippen molar-refractivity contribution in [2.75, 3.05) is 19.7 Å². The topological polar surface area (TPSA) is 38.5 Å². The number of rotatable bonds is 2. The van der Waals surface area contributed by atoms with E-state index < -0.39 is 0 Å². The van der Waals surface area contributed by atoms with Crippen LogP contribution in [0.1, 0.15) is 58.3 Å². The molecule has 3 fully saturated rings. The third-order valence-electron chi connectivity index (χ3n) is 5.99. The Bertz CT molecular complexity index is 371. The first-order valence-corrected chi connectivity index (χ1v) is 8.62. The molecular weight excluding hydrogens is 268 g/mol. The number of nitrogens with zero attached hydrogens (tertiary/aromatic N) is 1. The quantitative estimate of drug-likeness (QED) is 0.795. The van der Waals surface area contributed by atoms with Crippen LogP contribution >= 0.6 is 12.2 Å². The van der Waals surface area contributed by atoms with Gasteiger partial charge >= 0.3 is 0 Å².